The van der Waals surface area contributed by atoms with Crippen LogP contribution in [0.1, 0.15) is 36.9 Å². The van der Waals surface area contributed by atoms with Crippen molar-refractivity contribution in [2.75, 3.05) is 18.8 Å². The number of aryl methyl sites for hydroxylation is 1. The maximum Gasteiger partial charge on any atom is 0.326 e. The summed E-state index contributed by atoms with van der Waals surface area (Å²) >= 11 is 1.19. The molecule has 0 radical (unpaired) electrons. The number of amides is 2. The van der Waals surface area contributed by atoms with Crippen molar-refractivity contribution in [2.45, 2.75) is 38.3 Å². The van der Waals surface area contributed by atoms with Crippen LogP contribution >= 0.6 is 11.8 Å². The van der Waals surface area contributed by atoms with Crippen LogP contribution in [0, 0.1) is 0 Å². The van der Waals surface area contributed by atoms with Crippen LogP contribution in [-0.4, -0.2) is 47.0 Å². The standard InChI is InChI=1S/C18H22N2O4S/c1-12(24-16(21)11-20-9-10-25-18(20)23)17(22)19-15-8-4-6-13-5-2-3-7-14(13)15/h2-3,5,7,12,15H,4,6,8-11H2,1H3,(H,19,22)/t12-,15+/m0/s1. The number of hydrogen-bond donors (Lipinski definition) is 1. The number of thioether (sulfide) groups is 1. The van der Waals surface area contributed by atoms with Crippen LogP contribution in [0.25, 0.3) is 0 Å². The summed E-state index contributed by atoms with van der Waals surface area (Å²) in [5.41, 5.74) is 2.40. The molecule has 0 saturated carbocycles. The smallest absolute Gasteiger partial charge is 0.326 e. The predicted molar refractivity (Wildman–Crippen MR) is 95.2 cm³/mol. The van der Waals surface area contributed by atoms with Crippen molar-refractivity contribution in [3.63, 3.8) is 0 Å². The van der Waals surface area contributed by atoms with Crippen molar-refractivity contribution in [1.29, 1.82) is 0 Å². The number of esters is 1. The monoisotopic (exact) mass is 362 g/mol. The number of carbonyl (C=O) groups excluding carboxylic acids is 3. The Kier molecular flexibility index (Phi) is 5.63. The number of ether oxygens (including phenoxy) is 1. The van der Waals surface area contributed by atoms with Gasteiger partial charge in [0.25, 0.3) is 11.1 Å². The van der Waals surface area contributed by atoms with E-state index >= 15 is 0 Å². The van der Waals surface area contributed by atoms with Crippen molar-refractivity contribution in [2.24, 2.45) is 0 Å². The molecule has 3 rings (SSSR count). The van der Waals surface area contributed by atoms with E-state index in [0.29, 0.717) is 12.3 Å². The lowest BCUT2D eigenvalue weighted by molar-refractivity contribution is -0.155. The van der Waals surface area contributed by atoms with E-state index in [1.165, 1.54) is 22.2 Å². The van der Waals surface area contributed by atoms with Crippen LogP contribution in [0.15, 0.2) is 24.3 Å². The Morgan fingerprint density at radius 2 is 2.20 bits per heavy atom. The van der Waals surface area contributed by atoms with Gasteiger partial charge in [-0.2, -0.15) is 0 Å². The first-order valence-corrected chi connectivity index (χ1v) is 9.52. The molecular weight excluding hydrogens is 340 g/mol. The summed E-state index contributed by atoms with van der Waals surface area (Å²) in [6.07, 6.45) is 2.04. The molecule has 1 aromatic rings. The van der Waals surface area contributed by atoms with E-state index in [9.17, 15) is 14.4 Å². The highest BCUT2D eigenvalue weighted by Gasteiger charge is 2.28. The maximum atomic E-state index is 12.4. The Bertz CT molecular complexity index is 679. The lowest BCUT2D eigenvalue weighted by Gasteiger charge is -2.27. The minimum Gasteiger partial charge on any atom is -0.451 e. The van der Waals surface area contributed by atoms with E-state index in [1.807, 2.05) is 18.2 Å². The second-order valence-corrected chi connectivity index (χ2v) is 7.37. The van der Waals surface area contributed by atoms with Crippen molar-refractivity contribution in [3.8, 4) is 0 Å². The third kappa shape index (κ3) is 4.34. The molecule has 25 heavy (non-hydrogen) atoms. The first-order valence-electron chi connectivity index (χ1n) is 8.54. The van der Waals surface area contributed by atoms with Gasteiger partial charge in [0.2, 0.25) is 0 Å². The molecule has 6 nitrogen and oxygen atoms in total. The van der Waals surface area contributed by atoms with E-state index in [4.69, 9.17) is 4.74 Å². The second kappa shape index (κ2) is 7.91. The summed E-state index contributed by atoms with van der Waals surface area (Å²) in [7, 11) is 0. The summed E-state index contributed by atoms with van der Waals surface area (Å²) in [6, 6.07) is 8.05. The highest BCUT2D eigenvalue weighted by atomic mass is 32.2. The van der Waals surface area contributed by atoms with Crippen molar-refractivity contribution in [3.05, 3.63) is 35.4 Å². The number of carbonyl (C=O) groups is 3. The maximum absolute atomic E-state index is 12.4. The molecule has 0 aromatic heterocycles. The molecule has 1 aliphatic heterocycles. The first kappa shape index (κ1) is 17.8. The molecule has 0 spiro atoms. The number of benzene rings is 1. The van der Waals surface area contributed by atoms with Gasteiger partial charge >= 0.3 is 5.97 Å². The van der Waals surface area contributed by atoms with Crippen LogP contribution in [0.5, 0.6) is 0 Å². The first-order chi connectivity index (χ1) is 12.0. The van der Waals surface area contributed by atoms with Crippen LogP contribution in [0.3, 0.4) is 0 Å². The van der Waals surface area contributed by atoms with Gasteiger partial charge in [0.15, 0.2) is 6.10 Å². The van der Waals surface area contributed by atoms with Crippen LogP contribution in [-0.2, 0) is 20.7 Å². The Balaban J connectivity index is 1.53. The summed E-state index contributed by atoms with van der Waals surface area (Å²) in [6.45, 7) is 2.00. The van der Waals surface area contributed by atoms with E-state index in [-0.39, 0.29) is 23.7 Å². The number of fused-ring (bicyclic) bond motifs is 1. The molecule has 1 N–H and O–H groups in total. The lowest BCUT2D eigenvalue weighted by Crippen LogP contribution is -2.41. The van der Waals surface area contributed by atoms with Gasteiger partial charge in [-0.25, -0.2) is 0 Å². The van der Waals surface area contributed by atoms with Crippen LogP contribution < -0.4 is 5.32 Å². The Hall–Kier alpha value is -2.02. The molecule has 2 amide bonds. The minimum absolute atomic E-state index is 0.0461. The molecule has 2 aliphatic rings. The Labute approximate surface area is 151 Å². The molecule has 0 unspecified atom stereocenters. The van der Waals surface area contributed by atoms with Gasteiger partial charge in [-0.1, -0.05) is 36.0 Å². The van der Waals surface area contributed by atoms with Crippen molar-refractivity contribution < 1.29 is 19.1 Å². The van der Waals surface area contributed by atoms with E-state index < -0.39 is 12.1 Å². The van der Waals surface area contributed by atoms with Gasteiger partial charge in [0.1, 0.15) is 6.54 Å². The molecule has 1 aliphatic carbocycles. The number of rotatable bonds is 5. The molecule has 2 atom stereocenters. The highest BCUT2D eigenvalue weighted by Crippen LogP contribution is 2.29. The largest absolute Gasteiger partial charge is 0.451 e. The zero-order valence-corrected chi connectivity index (χ0v) is 15.0. The van der Waals surface area contributed by atoms with Gasteiger partial charge in [-0.15, -0.1) is 0 Å². The van der Waals surface area contributed by atoms with E-state index in [1.54, 1.807) is 6.92 Å². The Morgan fingerprint density at radius 3 is 2.96 bits per heavy atom. The topological polar surface area (TPSA) is 75.7 Å². The number of nitrogens with one attached hydrogen (secondary N) is 1. The summed E-state index contributed by atoms with van der Waals surface area (Å²) in [5, 5.41) is 2.86. The summed E-state index contributed by atoms with van der Waals surface area (Å²) in [4.78, 5) is 37.3. The summed E-state index contributed by atoms with van der Waals surface area (Å²) in [5.74, 6) is -0.178. The zero-order chi connectivity index (χ0) is 17.8. The fourth-order valence-electron chi connectivity index (χ4n) is 3.21. The fourth-order valence-corrected chi connectivity index (χ4v) is 4.03. The quantitative estimate of drug-likeness (QED) is 0.814. The summed E-state index contributed by atoms with van der Waals surface area (Å²) < 4.78 is 5.20. The highest BCUT2D eigenvalue weighted by molar-refractivity contribution is 8.13. The third-order valence-electron chi connectivity index (χ3n) is 4.53. The second-order valence-electron chi connectivity index (χ2n) is 6.32. The molecule has 7 heteroatoms. The minimum atomic E-state index is -0.882. The molecule has 1 heterocycles. The number of nitrogens with zero attached hydrogens (tertiary/aromatic N) is 1. The Morgan fingerprint density at radius 1 is 1.40 bits per heavy atom. The van der Waals surface area contributed by atoms with Crippen LogP contribution in [0.2, 0.25) is 0 Å². The molecule has 0 bridgehead atoms. The zero-order valence-electron chi connectivity index (χ0n) is 14.2. The molecule has 134 valence electrons. The van der Waals surface area contributed by atoms with Crippen molar-refractivity contribution in [1.82, 2.24) is 10.2 Å². The third-order valence-corrected chi connectivity index (χ3v) is 5.42. The molecule has 1 aromatic carbocycles. The lowest BCUT2D eigenvalue weighted by atomic mass is 9.87. The van der Waals surface area contributed by atoms with Crippen LogP contribution in [0.4, 0.5) is 4.79 Å². The van der Waals surface area contributed by atoms with Crippen molar-refractivity contribution >= 4 is 28.9 Å². The van der Waals surface area contributed by atoms with E-state index in [2.05, 4.69) is 11.4 Å². The van der Waals surface area contributed by atoms with Gasteiger partial charge in [0, 0.05) is 12.3 Å². The van der Waals surface area contributed by atoms with Gasteiger partial charge in [-0.05, 0) is 37.3 Å². The van der Waals surface area contributed by atoms with Gasteiger partial charge < -0.3 is 15.0 Å². The average Bonchev–Trinajstić information content (AvgIpc) is 2.99. The predicted octanol–water partition coefficient (Wildman–Crippen LogP) is 2.28. The number of hydrogen-bond acceptors (Lipinski definition) is 5. The SMILES string of the molecule is C[C@H](OC(=O)CN1CCSC1=O)C(=O)N[C@@H]1CCCc2ccccc21. The van der Waals surface area contributed by atoms with Gasteiger partial charge in [0.05, 0.1) is 6.04 Å². The van der Waals surface area contributed by atoms with Gasteiger partial charge in [-0.3, -0.25) is 14.4 Å². The molecule has 1 saturated heterocycles. The molecular formula is C18H22N2O4S. The molecule has 1 fully saturated rings. The average molecular weight is 362 g/mol. The van der Waals surface area contributed by atoms with E-state index in [0.717, 1.165) is 24.8 Å². The fraction of sp³-hybridized carbons (Fsp3) is 0.500. The normalized spacial score (nSPS) is 20.8.